The number of carbonyl (C=O) groups excluding carboxylic acids is 3. The lowest BCUT2D eigenvalue weighted by Crippen LogP contribution is -2.42. The molecule has 166 valence electrons. The number of thioether (sulfide) groups is 1. The smallest absolute Gasteiger partial charge is 0.335 e. The van der Waals surface area contributed by atoms with E-state index in [0.29, 0.717) is 16.9 Å². The normalized spacial score (nSPS) is 15.7. The van der Waals surface area contributed by atoms with E-state index in [1.807, 2.05) is 0 Å². The van der Waals surface area contributed by atoms with Crippen LogP contribution in [0.1, 0.15) is 28.4 Å². The van der Waals surface area contributed by atoms with Gasteiger partial charge in [-0.25, -0.2) is 9.59 Å². The van der Waals surface area contributed by atoms with E-state index in [1.54, 1.807) is 30.3 Å². The van der Waals surface area contributed by atoms with E-state index in [-0.39, 0.29) is 22.1 Å². The zero-order chi connectivity index (χ0) is 23.4. The van der Waals surface area contributed by atoms with Crippen molar-refractivity contribution in [3.63, 3.8) is 0 Å². The largest absolute Gasteiger partial charge is 0.487 e. The fraction of sp³-hybridized carbons (Fsp3) is 0.182. The number of imide groups is 1. The Morgan fingerprint density at radius 3 is 2.62 bits per heavy atom. The van der Waals surface area contributed by atoms with Crippen molar-refractivity contribution in [1.29, 1.82) is 0 Å². The van der Waals surface area contributed by atoms with Gasteiger partial charge in [-0.15, -0.1) is 0 Å². The highest BCUT2D eigenvalue weighted by Gasteiger charge is 2.41. The summed E-state index contributed by atoms with van der Waals surface area (Å²) in [5.74, 6) is -1.93. The van der Waals surface area contributed by atoms with Crippen molar-refractivity contribution >= 4 is 52.5 Å². The molecule has 1 atom stereocenters. The molecule has 2 aromatic carbocycles. The number of methoxy groups -OCH3 is 1. The van der Waals surface area contributed by atoms with Crippen molar-refractivity contribution in [3.05, 3.63) is 69.1 Å². The molecule has 1 N–H and O–H groups in total. The maximum absolute atomic E-state index is 12.6. The van der Waals surface area contributed by atoms with Crippen LogP contribution < -0.4 is 4.74 Å². The van der Waals surface area contributed by atoms with Gasteiger partial charge in [0.25, 0.3) is 11.1 Å². The molecule has 8 nitrogen and oxygen atoms in total. The lowest BCUT2D eigenvalue weighted by atomic mass is 10.1. The molecule has 1 saturated heterocycles. The first-order valence-electron chi connectivity index (χ1n) is 9.30. The zero-order valence-corrected chi connectivity index (χ0v) is 18.6. The van der Waals surface area contributed by atoms with Crippen LogP contribution >= 0.6 is 23.4 Å². The molecule has 1 fully saturated rings. The quantitative estimate of drug-likeness (QED) is 0.468. The summed E-state index contributed by atoms with van der Waals surface area (Å²) in [6, 6.07) is 10.2. The van der Waals surface area contributed by atoms with E-state index in [4.69, 9.17) is 21.4 Å². The van der Waals surface area contributed by atoms with Crippen LogP contribution in [0.3, 0.4) is 0 Å². The monoisotopic (exact) mass is 475 g/mol. The van der Waals surface area contributed by atoms with Crippen molar-refractivity contribution in [1.82, 2.24) is 4.90 Å². The molecule has 10 heteroatoms. The van der Waals surface area contributed by atoms with Gasteiger partial charge in [0.05, 0.1) is 22.6 Å². The Kier molecular flexibility index (Phi) is 7.22. The maximum Gasteiger partial charge on any atom is 0.335 e. The average molecular weight is 476 g/mol. The van der Waals surface area contributed by atoms with E-state index < -0.39 is 29.1 Å². The molecular formula is C22H18ClNO7S. The molecule has 3 rings (SSSR count). The van der Waals surface area contributed by atoms with Gasteiger partial charge < -0.3 is 14.6 Å². The molecular weight excluding hydrogens is 458 g/mol. The molecule has 0 aliphatic carbocycles. The summed E-state index contributed by atoms with van der Waals surface area (Å²) in [5, 5.41) is 8.78. The van der Waals surface area contributed by atoms with Crippen LogP contribution in [0.5, 0.6) is 5.75 Å². The van der Waals surface area contributed by atoms with Crippen LogP contribution in [0.15, 0.2) is 47.4 Å². The minimum Gasteiger partial charge on any atom is -0.487 e. The second kappa shape index (κ2) is 9.88. The molecule has 1 unspecified atom stereocenters. The summed E-state index contributed by atoms with van der Waals surface area (Å²) >= 11 is 7.01. The van der Waals surface area contributed by atoms with Crippen LogP contribution in [0.2, 0.25) is 5.02 Å². The summed E-state index contributed by atoms with van der Waals surface area (Å²) < 4.78 is 10.3. The number of hydrogen-bond donors (Lipinski definition) is 1. The third-order valence-corrected chi connectivity index (χ3v) is 5.75. The van der Waals surface area contributed by atoms with Crippen molar-refractivity contribution in [3.8, 4) is 5.75 Å². The van der Waals surface area contributed by atoms with E-state index in [2.05, 4.69) is 4.74 Å². The number of ether oxygens (including phenoxy) is 2. The molecule has 2 amide bonds. The highest BCUT2D eigenvalue weighted by Crippen LogP contribution is 2.35. The molecule has 32 heavy (non-hydrogen) atoms. The van der Waals surface area contributed by atoms with Crippen LogP contribution in [-0.2, 0) is 20.9 Å². The van der Waals surface area contributed by atoms with Gasteiger partial charge in [0, 0.05) is 0 Å². The van der Waals surface area contributed by atoms with E-state index >= 15 is 0 Å². The van der Waals surface area contributed by atoms with Gasteiger partial charge >= 0.3 is 11.9 Å². The Morgan fingerprint density at radius 1 is 1.22 bits per heavy atom. The highest BCUT2D eigenvalue weighted by atomic mass is 35.5. The zero-order valence-electron chi connectivity index (χ0n) is 17.0. The maximum atomic E-state index is 12.6. The lowest BCUT2D eigenvalue weighted by Gasteiger charge is -2.18. The van der Waals surface area contributed by atoms with Crippen LogP contribution in [0.25, 0.3) is 6.08 Å². The van der Waals surface area contributed by atoms with Gasteiger partial charge in [-0.1, -0.05) is 29.8 Å². The second-order valence-electron chi connectivity index (χ2n) is 6.73. The van der Waals surface area contributed by atoms with Gasteiger partial charge in [-0.2, -0.15) is 0 Å². The highest BCUT2D eigenvalue weighted by molar-refractivity contribution is 8.18. The molecule has 0 saturated carbocycles. The van der Waals surface area contributed by atoms with Crippen molar-refractivity contribution in [2.24, 2.45) is 0 Å². The number of halogens is 1. The molecule has 1 heterocycles. The van der Waals surface area contributed by atoms with Gasteiger partial charge in [-0.05, 0) is 60.2 Å². The molecule has 2 aromatic rings. The molecule has 0 spiro atoms. The van der Waals surface area contributed by atoms with Crippen LogP contribution in [0, 0.1) is 0 Å². The summed E-state index contributed by atoms with van der Waals surface area (Å²) in [6.45, 7) is 1.53. The summed E-state index contributed by atoms with van der Waals surface area (Å²) in [6.07, 6.45) is 1.50. The fourth-order valence-electron chi connectivity index (χ4n) is 2.92. The topological polar surface area (TPSA) is 110 Å². The number of rotatable bonds is 7. The standard InChI is InChI=1S/C22H18ClNO7S/c1-12(21(28)30-2)24-19(25)18(32-22(24)29)10-13-6-7-17(16(23)9-13)31-11-14-4-3-5-15(8-14)20(26)27/h3-10,12H,11H2,1-2H3,(H,26,27). The predicted octanol–water partition coefficient (Wildman–Crippen LogP) is 4.22. The van der Waals surface area contributed by atoms with Crippen molar-refractivity contribution < 1.29 is 33.8 Å². The first-order chi connectivity index (χ1) is 15.2. The number of amides is 2. The molecule has 1 aliphatic heterocycles. The van der Waals surface area contributed by atoms with Crippen LogP contribution in [0.4, 0.5) is 4.79 Å². The Bertz CT molecular complexity index is 1130. The van der Waals surface area contributed by atoms with Gasteiger partial charge in [0.1, 0.15) is 18.4 Å². The number of carboxylic acids is 1. The second-order valence-corrected chi connectivity index (χ2v) is 8.14. The molecule has 0 radical (unpaired) electrons. The lowest BCUT2D eigenvalue weighted by molar-refractivity contribution is -0.148. The Labute approximate surface area is 192 Å². The fourth-order valence-corrected chi connectivity index (χ4v) is 4.07. The molecule has 1 aliphatic rings. The van der Waals surface area contributed by atoms with Crippen LogP contribution in [-0.4, -0.2) is 46.2 Å². The minimum absolute atomic E-state index is 0.116. The third-order valence-electron chi connectivity index (χ3n) is 4.58. The minimum atomic E-state index is -1.03. The number of benzene rings is 2. The van der Waals surface area contributed by atoms with E-state index in [9.17, 15) is 19.2 Å². The Hall–Kier alpha value is -3.30. The van der Waals surface area contributed by atoms with Crippen molar-refractivity contribution in [2.75, 3.05) is 7.11 Å². The number of aromatic carboxylic acids is 1. The SMILES string of the molecule is COC(=O)C(C)N1C(=O)SC(=Cc2ccc(OCc3cccc(C(=O)O)c3)c(Cl)c2)C1=O. The van der Waals surface area contributed by atoms with E-state index in [1.165, 1.54) is 32.2 Å². The Balaban J connectivity index is 1.72. The third kappa shape index (κ3) is 5.12. The molecule has 0 aromatic heterocycles. The number of carboxylic acid groups (broad SMARTS) is 1. The molecule has 0 bridgehead atoms. The summed E-state index contributed by atoms with van der Waals surface area (Å²) in [4.78, 5) is 48.5. The Morgan fingerprint density at radius 2 is 1.97 bits per heavy atom. The van der Waals surface area contributed by atoms with Gasteiger partial charge in [0.15, 0.2) is 0 Å². The predicted molar refractivity (Wildman–Crippen MR) is 118 cm³/mol. The first kappa shape index (κ1) is 23.4. The summed E-state index contributed by atoms with van der Waals surface area (Å²) in [7, 11) is 1.18. The number of nitrogens with zero attached hydrogens (tertiary/aromatic N) is 1. The number of carbonyl (C=O) groups is 4. The van der Waals surface area contributed by atoms with E-state index in [0.717, 1.165) is 16.7 Å². The number of esters is 1. The summed E-state index contributed by atoms with van der Waals surface area (Å²) in [5.41, 5.74) is 1.38. The number of hydrogen-bond acceptors (Lipinski definition) is 7. The van der Waals surface area contributed by atoms with Gasteiger partial charge in [0.2, 0.25) is 0 Å². The first-order valence-corrected chi connectivity index (χ1v) is 10.5. The van der Waals surface area contributed by atoms with Gasteiger partial charge in [-0.3, -0.25) is 14.5 Å². The average Bonchev–Trinajstić information content (AvgIpc) is 3.04. The van der Waals surface area contributed by atoms with Crippen molar-refractivity contribution in [2.45, 2.75) is 19.6 Å².